The number of hydrogen-bond acceptors (Lipinski definition) is 3. The SMILES string of the molecule is O=C(O)c1cc(F)c(F)cc1C(=O)NCCSC(F)(F)F. The highest BCUT2D eigenvalue weighted by atomic mass is 32.2. The Hall–Kier alpha value is -1.84. The highest BCUT2D eigenvalue weighted by Gasteiger charge is 2.27. The van der Waals surface area contributed by atoms with Crippen LogP contribution in [-0.4, -0.2) is 34.8 Å². The lowest BCUT2D eigenvalue weighted by Gasteiger charge is -2.09. The van der Waals surface area contributed by atoms with Gasteiger partial charge in [-0.15, -0.1) is 0 Å². The number of carboxylic acid groups (broad SMARTS) is 1. The van der Waals surface area contributed by atoms with Crippen LogP contribution in [0.4, 0.5) is 22.0 Å². The van der Waals surface area contributed by atoms with Crippen LogP contribution in [0, 0.1) is 11.6 Å². The van der Waals surface area contributed by atoms with E-state index in [1.54, 1.807) is 0 Å². The lowest BCUT2D eigenvalue weighted by molar-refractivity contribution is -0.0327. The zero-order chi connectivity index (χ0) is 16.2. The Labute approximate surface area is 119 Å². The molecule has 0 saturated heterocycles. The molecule has 116 valence electrons. The van der Waals surface area contributed by atoms with E-state index in [-0.39, 0.29) is 11.8 Å². The first kappa shape index (κ1) is 17.2. The van der Waals surface area contributed by atoms with Crippen molar-refractivity contribution in [1.82, 2.24) is 5.32 Å². The summed E-state index contributed by atoms with van der Waals surface area (Å²) in [6.45, 7) is -0.416. The molecule has 1 amide bonds. The maximum absolute atomic E-state index is 13.0. The molecule has 0 heterocycles. The van der Waals surface area contributed by atoms with Crippen LogP contribution >= 0.6 is 11.8 Å². The Morgan fingerprint density at radius 3 is 2.14 bits per heavy atom. The van der Waals surface area contributed by atoms with E-state index in [0.717, 1.165) is 0 Å². The standard InChI is InChI=1S/C11H8F5NO3S/c12-7-3-5(6(10(19)20)4-8(7)13)9(18)17-1-2-21-11(14,15)16/h3-4H,1-2H2,(H,17,18)(H,19,20). The van der Waals surface area contributed by atoms with E-state index in [4.69, 9.17) is 5.11 Å². The molecule has 2 N–H and O–H groups in total. The van der Waals surface area contributed by atoms with Crippen LogP contribution in [0.25, 0.3) is 0 Å². The molecule has 0 bridgehead atoms. The molecule has 0 radical (unpaired) electrons. The zero-order valence-corrected chi connectivity index (χ0v) is 10.9. The molecule has 0 atom stereocenters. The van der Waals surface area contributed by atoms with Crippen molar-refractivity contribution >= 4 is 23.6 Å². The van der Waals surface area contributed by atoms with E-state index in [0.29, 0.717) is 12.1 Å². The number of amides is 1. The lowest BCUT2D eigenvalue weighted by Crippen LogP contribution is -2.28. The second-order valence-electron chi connectivity index (χ2n) is 3.67. The van der Waals surface area contributed by atoms with E-state index < -0.39 is 52.4 Å². The van der Waals surface area contributed by atoms with Gasteiger partial charge in [0.1, 0.15) is 0 Å². The summed E-state index contributed by atoms with van der Waals surface area (Å²) in [6, 6.07) is 0.710. The molecule has 0 spiro atoms. The van der Waals surface area contributed by atoms with Crippen molar-refractivity contribution in [2.45, 2.75) is 5.51 Å². The number of aromatic carboxylic acids is 1. The largest absolute Gasteiger partial charge is 0.478 e. The second kappa shape index (κ2) is 6.74. The number of carbonyl (C=O) groups excluding carboxylic acids is 1. The first-order chi connectivity index (χ1) is 9.61. The lowest BCUT2D eigenvalue weighted by atomic mass is 10.1. The fourth-order valence-corrected chi connectivity index (χ4v) is 1.77. The Kier molecular flexibility index (Phi) is 5.53. The maximum atomic E-state index is 13.0. The summed E-state index contributed by atoms with van der Waals surface area (Å²) in [5.41, 5.74) is -5.91. The van der Waals surface area contributed by atoms with Gasteiger partial charge in [0, 0.05) is 12.3 Å². The summed E-state index contributed by atoms with van der Waals surface area (Å²) in [7, 11) is 0. The highest BCUT2D eigenvalue weighted by molar-refractivity contribution is 8.00. The van der Waals surface area contributed by atoms with Gasteiger partial charge in [-0.25, -0.2) is 13.6 Å². The molecule has 0 aliphatic carbocycles. The van der Waals surface area contributed by atoms with Gasteiger partial charge in [-0.2, -0.15) is 13.2 Å². The van der Waals surface area contributed by atoms with Gasteiger partial charge in [0.2, 0.25) is 0 Å². The van der Waals surface area contributed by atoms with Crippen molar-refractivity contribution in [3.63, 3.8) is 0 Å². The minimum atomic E-state index is -4.46. The topological polar surface area (TPSA) is 66.4 Å². The van der Waals surface area contributed by atoms with Gasteiger partial charge in [0.05, 0.1) is 11.1 Å². The van der Waals surface area contributed by atoms with Crippen LogP contribution in [0.3, 0.4) is 0 Å². The van der Waals surface area contributed by atoms with Gasteiger partial charge in [-0.1, -0.05) is 0 Å². The number of carbonyl (C=O) groups is 2. The molecule has 1 aromatic carbocycles. The molecule has 0 aromatic heterocycles. The number of halogens is 5. The Morgan fingerprint density at radius 2 is 1.67 bits per heavy atom. The normalized spacial score (nSPS) is 11.3. The van der Waals surface area contributed by atoms with E-state index in [9.17, 15) is 31.5 Å². The van der Waals surface area contributed by atoms with E-state index >= 15 is 0 Å². The first-order valence-electron chi connectivity index (χ1n) is 5.33. The number of thioether (sulfide) groups is 1. The van der Waals surface area contributed by atoms with Crippen molar-refractivity contribution in [2.75, 3.05) is 12.3 Å². The van der Waals surface area contributed by atoms with Crippen LogP contribution in [0.5, 0.6) is 0 Å². The number of benzene rings is 1. The van der Waals surface area contributed by atoms with Crippen molar-refractivity contribution in [3.8, 4) is 0 Å². The Balaban J connectivity index is 2.78. The maximum Gasteiger partial charge on any atom is 0.441 e. The van der Waals surface area contributed by atoms with Crippen LogP contribution in [0.1, 0.15) is 20.7 Å². The van der Waals surface area contributed by atoms with Crippen LogP contribution < -0.4 is 5.32 Å². The average molecular weight is 329 g/mol. The predicted molar refractivity (Wildman–Crippen MR) is 64.2 cm³/mol. The quantitative estimate of drug-likeness (QED) is 0.644. The minimum Gasteiger partial charge on any atom is -0.478 e. The van der Waals surface area contributed by atoms with Gasteiger partial charge in [0.25, 0.3) is 5.91 Å². The molecule has 0 fully saturated rings. The van der Waals surface area contributed by atoms with Gasteiger partial charge < -0.3 is 10.4 Å². The molecule has 4 nitrogen and oxygen atoms in total. The van der Waals surface area contributed by atoms with Crippen molar-refractivity contribution in [2.24, 2.45) is 0 Å². The predicted octanol–water partition coefficient (Wildman–Crippen LogP) is 2.65. The van der Waals surface area contributed by atoms with Crippen molar-refractivity contribution in [1.29, 1.82) is 0 Å². The van der Waals surface area contributed by atoms with Gasteiger partial charge >= 0.3 is 11.5 Å². The molecule has 0 saturated carbocycles. The molecule has 0 aliphatic heterocycles. The molecule has 0 aliphatic rings. The van der Waals surface area contributed by atoms with Gasteiger partial charge in [-0.3, -0.25) is 4.79 Å². The Morgan fingerprint density at radius 1 is 1.14 bits per heavy atom. The van der Waals surface area contributed by atoms with Gasteiger partial charge in [0.15, 0.2) is 11.6 Å². The smallest absolute Gasteiger partial charge is 0.441 e. The number of alkyl halides is 3. The molecule has 10 heteroatoms. The van der Waals surface area contributed by atoms with Crippen molar-refractivity contribution in [3.05, 3.63) is 34.9 Å². The third-order valence-electron chi connectivity index (χ3n) is 2.19. The van der Waals surface area contributed by atoms with Crippen LogP contribution in [-0.2, 0) is 0 Å². The summed E-state index contributed by atoms with van der Waals surface area (Å²) in [6.07, 6.45) is 0. The third kappa shape index (κ3) is 5.21. The number of hydrogen-bond donors (Lipinski definition) is 2. The summed E-state index contributed by atoms with van der Waals surface area (Å²) in [4.78, 5) is 22.4. The van der Waals surface area contributed by atoms with Crippen LogP contribution in [0.15, 0.2) is 12.1 Å². The number of carboxylic acids is 1. The summed E-state index contributed by atoms with van der Waals surface area (Å²) in [5.74, 6) is -6.15. The van der Waals surface area contributed by atoms with Crippen molar-refractivity contribution < 1.29 is 36.6 Å². The molecule has 1 rings (SSSR count). The van der Waals surface area contributed by atoms with E-state index in [1.807, 2.05) is 5.32 Å². The zero-order valence-electron chi connectivity index (χ0n) is 10.1. The number of rotatable bonds is 5. The summed E-state index contributed by atoms with van der Waals surface area (Å²) in [5, 5.41) is 10.8. The molecule has 1 aromatic rings. The molecular formula is C11H8F5NO3S. The Bertz CT molecular complexity index is 562. The second-order valence-corrected chi connectivity index (χ2v) is 4.83. The highest BCUT2D eigenvalue weighted by Crippen LogP contribution is 2.29. The molecular weight excluding hydrogens is 321 g/mol. The minimum absolute atomic E-state index is 0.330. The van der Waals surface area contributed by atoms with Gasteiger partial charge in [-0.05, 0) is 23.9 Å². The number of nitrogens with one attached hydrogen (secondary N) is 1. The summed E-state index contributed by atoms with van der Waals surface area (Å²) < 4.78 is 61.5. The third-order valence-corrected chi connectivity index (χ3v) is 2.92. The van der Waals surface area contributed by atoms with E-state index in [2.05, 4.69) is 0 Å². The van der Waals surface area contributed by atoms with E-state index in [1.165, 1.54) is 0 Å². The monoisotopic (exact) mass is 329 g/mol. The van der Waals surface area contributed by atoms with Crippen LogP contribution in [0.2, 0.25) is 0 Å². The fraction of sp³-hybridized carbons (Fsp3) is 0.273. The molecule has 0 unspecified atom stereocenters. The summed E-state index contributed by atoms with van der Waals surface area (Å²) >= 11 is -0.378. The molecule has 21 heavy (non-hydrogen) atoms. The first-order valence-corrected chi connectivity index (χ1v) is 6.31. The fourth-order valence-electron chi connectivity index (χ4n) is 1.34. The average Bonchev–Trinajstić information content (AvgIpc) is 2.35.